The minimum Gasteiger partial charge on any atom is -1.00 e. The van der Waals surface area contributed by atoms with E-state index in [0.717, 1.165) is 28.7 Å². The van der Waals surface area contributed by atoms with Gasteiger partial charge in [-0.25, -0.2) is 0 Å². The highest BCUT2D eigenvalue weighted by atomic mass is 127. The molecule has 3 rings (SSSR count). The van der Waals surface area contributed by atoms with Gasteiger partial charge in [-0.05, 0) is 48.4 Å². The van der Waals surface area contributed by atoms with Crippen molar-refractivity contribution >= 4 is 41.1 Å². The van der Waals surface area contributed by atoms with Crippen molar-refractivity contribution in [2.45, 2.75) is 18.9 Å². The van der Waals surface area contributed by atoms with Crippen LogP contribution in [0, 0.1) is 5.92 Å². The third-order valence-electron chi connectivity index (χ3n) is 6.13. The van der Waals surface area contributed by atoms with E-state index in [1.54, 1.807) is 30.4 Å². The van der Waals surface area contributed by atoms with Crippen molar-refractivity contribution in [3.63, 3.8) is 0 Å². The number of carbonyl (C=O) groups is 1. The van der Waals surface area contributed by atoms with Crippen molar-refractivity contribution in [3.8, 4) is 0 Å². The first kappa shape index (κ1) is 26.1. The van der Waals surface area contributed by atoms with Crippen molar-refractivity contribution in [3.05, 3.63) is 81.9 Å². The molecule has 1 heterocycles. The molecule has 0 saturated carbocycles. The molecule has 3 atom stereocenters. The Bertz CT molecular complexity index is 943. The lowest BCUT2D eigenvalue weighted by Gasteiger charge is -2.46. The third-order valence-corrected chi connectivity index (χ3v) is 6.63. The van der Waals surface area contributed by atoms with Gasteiger partial charge in [0.25, 0.3) is 0 Å². The van der Waals surface area contributed by atoms with Gasteiger partial charge in [-0.1, -0.05) is 65.7 Å². The predicted octanol–water partition coefficient (Wildman–Crippen LogP) is 2.51. The molecular weight excluding hydrogens is 544 g/mol. The molecule has 166 valence electrons. The molecule has 0 radical (unpaired) electrons. The summed E-state index contributed by atoms with van der Waals surface area (Å²) in [4.78, 5) is 13.2. The van der Waals surface area contributed by atoms with E-state index in [9.17, 15) is 9.90 Å². The minimum absolute atomic E-state index is 0. The average molecular weight is 572 g/mol. The highest BCUT2D eigenvalue weighted by Crippen LogP contribution is 2.34. The molecule has 1 aliphatic heterocycles. The van der Waals surface area contributed by atoms with Gasteiger partial charge in [0.2, 0.25) is 0 Å². The SMILES string of the molecule is CC[N+]1(C)CCC(O)(/C=C/c2ccc(Cl)cc2)C(C(=O)/C=C/c2ccc(Cl)cc2)C1.[I-]. The topological polar surface area (TPSA) is 37.3 Å². The van der Waals surface area contributed by atoms with Gasteiger partial charge >= 0.3 is 0 Å². The van der Waals surface area contributed by atoms with Crippen molar-refractivity contribution in [1.29, 1.82) is 0 Å². The van der Waals surface area contributed by atoms with Crippen LogP contribution in [0.25, 0.3) is 12.2 Å². The lowest BCUT2D eigenvalue weighted by molar-refractivity contribution is -0.916. The zero-order chi connectivity index (χ0) is 21.8. The minimum atomic E-state index is -1.19. The maximum atomic E-state index is 13.2. The molecule has 1 aliphatic rings. The first-order valence-electron chi connectivity index (χ1n) is 10.2. The summed E-state index contributed by atoms with van der Waals surface area (Å²) in [6, 6.07) is 14.7. The van der Waals surface area contributed by atoms with Crippen LogP contribution < -0.4 is 24.0 Å². The maximum Gasteiger partial charge on any atom is 0.167 e. The molecule has 31 heavy (non-hydrogen) atoms. The molecule has 1 N–H and O–H groups in total. The molecule has 3 nitrogen and oxygen atoms in total. The summed E-state index contributed by atoms with van der Waals surface area (Å²) in [6.45, 7) is 4.46. The molecule has 0 spiro atoms. The Morgan fingerprint density at radius 2 is 1.58 bits per heavy atom. The summed E-state index contributed by atoms with van der Waals surface area (Å²) < 4.78 is 0.766. The maximum absolute atomic E-state index is 13.2. The summed E-state index contributed by atoms with van der Waals surface area (Å²) >= 11 is 11.9. The van der Waals surface area contributed by atoms with Gasteiger partial charge in [0.15, 0.2) is 5.78 Å². The number of rotatable bonds is 6. The molecule has 6 heteroatoms. The van der Waals surface area contributed by atoms with Crippen LogP contribution in [0.1, 0.15) is 24.5 Å². The smallest absolute Gasteiger partial charge is 0.167 e. The Hall–Kier alpha value is -1.18. The number of halogens is 3. The van der Waals surface area contributed by atoms with Crippen LogP contribution in [-0.4, -0.2) is 47.7 Å². The van der Waals surface area contributed by atoms with Crippen molar-refractivity contribution < 1.29 is 38.4 Å². The first-order valence-corrected chi connectivity index (χ1v) is 11.0. The average Bonchev–Trinajstić information content (AvgIpc) is 2.75. The highest BCUT2D eigenvalue weighted by Gasteiger charge is 2.48. The zero-order valence-electron chi connectivity index (χ0n) is 17.8. The normalized spacial score (nSPS) is 26.2. The van der Waals surface area contributed by atoms with Crippen LogP contribution >= 0.6 is 23.2 Å². The second kappa shape index (κ2) is 11.1. The molecule has 0 amide bonds. The number of ketones is 1. The van der Waals surface area contributed by atoms with Gasteiger partial charge in [-0.2, -0.15) is 0 Å². The monoisotopic (exact) mass is 571 g/mol. The fourth-order valence-corrected chi connectivity index (χ4v) is 4.07. The van der Waals surface area contributed by atoms with Crippen molar-refractivity contribution in [2.24, 2.45) is 5.92 Å². The fraction of sp³-hybridized carbons (Fsp3) is 0.320. The van der Waals surface area contributed by atoms with Gasteiger partial charge in [-0.3, -0.25) is 4.79 Å². The van der Waals surface area contributed by atoms with Gasteiger partial charge in [0.1, 0.15) is 11.5 Å². The van der Waals surface area contributed by atoms with Crippen LogP contribution in [0.15, 0.2) is 60.7 Å². The second-order valence-corrected chi connectivity index (χ2v) is 9.18. The molecular formula is C25H28Cl2INO2. The number of piperidine rings is 1. The summed E-state index contributed by atoms with van der Waals surface area (Å²) in [6.07, 6.45) is 7.56. The number of quaternary nitrogens is 1. The largest absolute Gasteiger partial charge is 1.00 e. The molecule has 2 aromatic rings. The Morgan fingerprint density at radius 1 is 1.06 bits per heavy atom. The summed E-state index contributed by atoms with van der Waals surface area (Å²) in [5.74, 6) is -0.575. The number of allylic oxidation sites excluding steroid dienone is 1. The number of likely N-dealkylation sites (tertiary alicyclic amines) is 1. The zero-order valence-corrected chi connectivity index (χ0v) is 21.4. The van der Waals surface area contributed by atoms with E-state index in [4.69, 9.17) is 23.2 Å². The van der Waals surface area contributed by atoms with Gasteiger partial charge < -0.3 is 33.6 Å². The second-order valence-electron chi connectivity index (χ2n) is 8.31. The van der Waals surface area contributed by atoms with Crippen LogP contribution in [0.5, 0.6) is 0 Å². The third kappa shape index (κ3) is 6.90. The fourth-order valence-electron chi connectivity index (χ4n) is 3.82. The number of aliphatic hydroxyl groups is 1. The number of hydrogen-bond donors (Lipinski definition) is 1. The lowest BCUT2D eigenvalue weighted by Crippen LogP contribution is -3.00. The molecule has 2 aromatic carbocycles. The van der Waals surface area contributed by atoms with E-state index in [1.807, 2.05) is 42.5 Å². The number of benzene rings is 2. The summed E-state index contributed by atoms with van der Waals surface area (Å²) in [7, 11) is 2.14. The highest BCUT2D eigenvalue weighted by molar-refractivity contribution is 6.30. The van der Waals surface area contributed by atoms with E-state index in [-0.39, 0.29) is 29.8 Å². The van der Waals surface area contributed by atoms with Crippen LogP contribution in [-0.2, 0) is 4.79 Å². The number of nitrogens with zero attached hydrogens (tertiary/aromatic N) is 1. The summed E-state index contributed by atoms with van der Waals surface area (Å²) in [5, 5.41) is 12.8. The van der Waals surface area contributed by atoms with E-state index in [0.29, 0.717) is 23.0 Å². The predicted molar refractivity (Wildman–Crippen MR) is 125 cm³/mol. The van der Waals surface area contributed by atoms with Gasteiger partial charge in [0, 0.05) is 16.5 Å². The number of hydrogen-bond acceptors (Lipinski definition) is 2. The van der Waals surface area contributed by atoms with E-state index in [2.05, 4.69) is 14.0 Å². The molecule has 0 aliphatic carbocycles. The Kier molecular flexibility index (Phi) is 9.34. The quantitative estimate of drug-likeness (QED) is 0.329. The lowest BCUT2D eigenvalue weighted by atomic mass is 9.76. The Labute approximate surface area is 212 Å². The molecule has 0 aromatic heterocycles. The Morgan fingerprint density at radius 3 is 2.10 bits per heavy atom. The van der Waals surface area contributed by atoms with Crippen LogP contribution in [0.3, 0.4) is 0 Å². The standard InChI is InChI=1S/C25H28Cl2NO2.HI/c1-3-28(2)17-16-25(30,15-14-20-6-11-22(27)12-7-20)23(18-28)24(29)13-8-19-4-9-21(26)10-5-19;/h4-15,23,30H,3,16-18H2,1-2H3;1H/q+1;/p-1/b13-8+,15-14+;. The van der Waals surface area contributed by atoms with E-state index < -0.39 is 11.5 Å². The first-order chi connectivity index (χ1) is 14.2. The summed E-state index contributed by atoms with van der Waals surface area (Å²) in [5.41, 5.74) is 0.652. The van der Waals surface area contributed by atoms with Crippen LogP contribution in [0.4, 0.5) is 0 Å². The van der Waals surface area contributed by atoms with E-state index in [1.165, 1.54) is 0 Å². The van der Waals surface area contributed by atoms with Crippen LogP contribution in [0.2, 0.25) is 10.0 Å². The molecule has 1 saturated heterocycles. The molecule has 0 bridgehead atoms. The molecule has 1 fully saturated rings. The number of carbonyl (C=O) groups excluding carboxylic acids is 1. The Balaban J connectivity index is 0.00000341. The van der Waals surface area contributed by atoms with Crippen molar-refractivity contribution in [1.82, 2.24) is 0 Å². The van der Waals surface area contributed by atoms with Gasteiger partial charge in [-0.15, -0.1) is 0 Å². The van der Waals surface area contributed by atoms with Gasteiger partial charge in [0.05, 0.1) is 26.7 Å². The van der Waals surface area contributed by atoms with E-state index >= 15 is 0 Å². The van der Waals surface area contributed by atoms with Crippen molar-refractivity contribution in [2.75, 3.05) is 26.7 Å². The molecule has 3 unspecified atom stereocenters.